The molecule has 0 fully saturated rings. The molecule has 0 unspecified atom stereocenters. The SMILES string of the molecule is Cc1ccc(COc2ccc(/C=N\NC(=O)CCc3ccccc3)cc2)cc1. The Hall–Kier alpha value is -3.40. The van der Waals surface area contributed by atoms with Gasteiger partial charge in [0.15, 0.2) is 0 Å². The Labute approximate surface area is 165 Å². The van der Waals surface area contributed by atoms with Crippen LogP contribution in [0, 0.1) is 6.92 Å². The Morgan fingerprint density at radius 2 is 1.64 bits per heavy atom. The summed E-state index contributed by atoms with van der Waals surface area (Å²) in [6, 6.07) is 25.8. The third-order valence-corrected chi connectivity index (χ3v) is 4.29. The summed E-state index contributed by atoms with van der Waals surface area (Å²) in [6.45, 7) is 2.60. The minimum absolute atomic E-state index is 0.0989. The summed E-state index contributed by atoms with van der Waals surface area (Å²) in [5.74, 6) is 0.697. The number of carbonyl (C=O) groups excluding carboxylic acids is 1. The van der Waals surface area contributed by atoms with Gasteiger partial charge in [-0.2, -0.15) is 5.10 Å². The molecule has 1 N–H and O–H groups in total. The van der Waals surface area contributed by atoms with E-state index in [1.54, 1.807) is 6.21 Å². The van der Waals surface area contributed by atoms with Crippen LogP contribution < -0.4 is 10.2 Å². The number of hydrazone groups is 1. The largest absolute Gasteiger partial charge is 0.489 e. The number of carbonyl (C=O) groups is 1. The summed E-state index contributed by atoms with van der Waals surface area (Å²) in [6.07, 6.45) is 2.74. The summed E-state index contributed by atoms with van der Waals surface area (Å²) < 4.78 is 5.79. The van der Waals surface area contributed by atoms with Gasteiger partial charge in [-0.1, -0.05) is 60.2 Å². The predicted octanol–water partition coefficient (Wildman–Crippen LogP) is 4.66. The average Bonchev–Trinajstić information content (AvgIpc) is 2.73. The van der Waals surface area contributed by atoms with E-state index in [0.717, 1.165) is 22.4 Å². The molecule has 0 aliphatic heterocycles. The van der Waals surface area contributed by atoms with Crippen molar-refractivity contribution in [3.8, 4) is 5.75 Å². The number of nitrogens with zero attached hydrogens (tertiary/aromatic N) is 1. The number of rotatable bonds is 8. The van der Waals surface area contributed by atoms with Gasteiger partial charge in [-0.25, -0.2) is 5.43 Å². The Morgan fingerprint density at radius 3 is 2.36 bits per heavy atom. The molecule has 3 aromatic carbocycles. The van der Waals surface area contributed by atoms with Gasteiger partial charge in [0.1, 0.15) is 12.4 Å². The fourth-order valence-corrected chi connectivity index (χ4v) is 2.64. The van der Waals surface area contributed by atoms with Gasteiger partial charge in [-0.15, -0.1) is 0 Å². The van der Waals surface area contributed by atoms with Gasteiger partial charge in [-0.05, 0) is 54.3 Å². The van der Waals surface area contributed by atoms with Crippen LogP contribution in [0.1, 0.15) is 28.7 Å². The minimum Gasteiger partial charge on any atom is -0.489 e. The van der Waals surface area contributed by atoms with Gasteiger partial charge < -0.3 is 4.74 Å². The maximum atomic E-state index is 11.9. The fraction of sp³-hybridized carbons (Fsp3) is 0.167. The summed E-state index contributed by atoms with van der Waals surface area (Å²) in [7, 11) is 0. The van der Waals surface area contributed by atoms with Crippen molar-refractivity contribution in [3.05, 3.63) is 101 Å². The Balaban J connectivity index is 1.41. The monoisotopic (exact) mass is 372 g/mol. The highest BCUT2D eigenvalue weighted by molar-refractivity contribution is 5.82. The number of nitrogens with one attached hydrogen (secondary N) is 1. The first-order valence-corrected chi connectivity index (χ1v) is 9.33. The van der Waals surface area contributed by atoms with Crippen molar-refractivity contribution < 1.29 is 9.53 Å². The quantitative estimate of drug-likeness (QED) is 0.462. The molecule has 0 aliphatic carbocycles. The number of hydrogen-bond donors (Lipinski definition) is 1. The van der Waals surface area contributed by atoms with Crippen molar-refractivity contribution in [1.82, 2.24) is 5.43 Å². The van der Waals surface area contributed by atoms with Crippen molar-refractivity contribution >= 4 is 12.1 Å². The zero-order chi connectivity index (χ0) is 19.6. The van der Waals surface area contributed by atoms with Crippen molar-refractivity contribution in [3.63, 3.8) is 0 Å². The van der Waals surface area contributed by atoms with Crippen LogP contribution in [0.15, 0.2) is 84.0 Å². The van der Waals surface area contributed by atoms with Gasteiger partial charge >= 0.3 is 0 Å². The molecule has 28 heavy (non-hydrogen) atoms. The molecule has 0 bridgehead atoms. The van der Waals surface area contributed by atoms with Crippen LogP contribution in [0.3, 0.4) is 0 Å². The number of aryl methyl sites for hydroxylation is 2. The lowest BCUT2D eigenvalue weighted by Crippen LogP contribution is -2.17. The van der Waals surface area contributed by atoms with Gasteiger partial charge in [0.25, 0.3) is 0 Å². The Bertz CT molecular complexity index is 902. The van der Waals surface area contributed by atoms with Gasteiger partial charge in [-0.3, -0.25) is 4.79 Å². The first-order valence-electron chi connectivity index (χ1n) is 9.33. The molecule has 0 saturated heterocycles. The van der Waals surface area contributed by atoms with Crippen LogP contribution in [0.2, 0.25) is 0 Å². The molecule has 0 heterocycles. The maximum absolute atomic E-state index is 11.9. The molecular formula is C24H24N2O2. The first kappa shape index (κ1) is 19.4. The molecule has 4 nitrogen and oxygen atoms in total. The third kappa shape index (κ3) is 6.40. The molecule has 0 aliphatic rings. The van der Waals surface area contributed by atoms with Crippen molar-refractivity contribution in [2.24, 2.45) is 5.10 Å². The van der Waals surface area contributed by atoms with E-state index >= 15 is 0 Å². The second kappa shape index (κ2) is 10.1. The zero-order valence-electron chi connectivity index (χ0n) is 16.0. The van der Waals surface area contributed by atoms with Gasteiger partial charge in [0.05, 0.1) is 6.21 Å². The van der Waals surface area contributed by atoms with E-state index < -0.39 is 0 Å². The molecule has 0 aromatic heterocycles. The molecule has 0 spiro atoms. The zero-order valence-corrected chi connectivity index (χ0v) is 16.0. The highest BCUT2D eigenvalue weighted by Gasteiger charge is 2.01. The molecule has 3 rings (SSSR count). The number of amides is 1. The van der Waals surface area contributed by atoms with Crippen molar-refractivity contribution in [2.75, 3.05) is 0 Å². The lowest BCUT2D eigenvalue weighted by molar-refractivity contribution is -0.121. The molecule has 3 aromatic rings. The molecule has 0 radical (unpaired) electrons. The van der Waals surface area contributed by atoms with Crippen LogP contribution in [0.5, 0.6) is 5.75 Å². The summed E-state index contributed by atoms with van der Waals surface area (Å²) >= 11 is 0. The van der Waals surface area contributed by atoms with Crippen LogP contribution in [0.25, 0.3) is 0 Å². The summed E-state index contributed by atoms with van der Waals surface area (Å²) in [4.78, 5) is 11.9. The normalized spacial score (nSPS) is 10.8. The minimum atomic E-state index is -0.0989. The standard InChI is InChI=1S/C24H24N2O2/c1-19-7-9-22(10-8-19)18-28-23-14-11-21(12-15-23)17-25-26-24(27)16-13-20-5-3-2-4-6-20/h2-12,14-15,17H,13,16,18H2,1H3,(H,26,27)/b25-17-. The summed E-state index contributed by atoms with van der Waals surface area (Å²) in [5.41, 5.74) is 6.97. The van der Waals surface area contributed by atoms with Crippen molar-refractivity contribution in [2.45, 2.75) is 26.4 Å². The van der Waals surface area contributed by atoms with Crippen LogP contribution in [-0.4, -0.2) is 12.1 Å². The predicted molar refractivity (Wildman–Crippen MR) is 112 cm³/mol. The van der Waals surface area contributed by atoms with E-state index in [-0.39, 0.29) is 5.91 Å². The van der Waals surface area contributed by atoms with Crippen LogP contribution >= 0.6 is 0 Å². The molecule has 4 heteroatoms. The number of ether oxygens (including phenoxy) is 1. The summed E-state index contributed by atoms with van der Waals surface area (Å²) in [5, 5.41) is 4.02. The van der Waals surface area contributed by atoms with Gasteiger partial charge in [0, 0.05) is 6.42 Å². The second-order valence-corrected chi connectivity index (χ2v) is 6.62. The fourth-order valence-electron chi connectivity index (χ4n) is 2.64. The maximum Gasteiger partial charge on any atom is 0.240 e. The van der Waals surface area contributed by atoms with E-state index in [4.69, 9.17) is 4.74 Å². The molecule has 142 valence electrons. The highest BCUT2D eigenvalue weighted by atomic mass is 16.5. The molecular weight excluding hydrogens is 348 g/mol. The van der Waals surface area contributed by atoms with E-state index in [9.17, 15) is 4.79 Å². The number of benzene rings is 3. The lowest BCUT2D eigenvalue weighted by Gasteiger charge is -2.07. The molecule has 1 amide bonds. The topological polar surface area (TPSA) is 50.7 Å². The van der Waals surface area contributed by atoms with Gasteiger partial charge in [0.2, 0.25) is 5.91 Å². The van der Waals surface area contributed by atoms with E-state index in [0.29, 0.717) is 19.4 Å². The molecule has 0 atom stereocenters. The smallest absolute Gasteiger partial charge is 0.240 e. The van der Waals surface area contributed by atoms with Crippen LogP contribution in [-0.2, 0) is 17.8 Å². The van der Waals surface area contributed by atoms with E-state index in [1.165, 1.54) is 5.56 Å². The molecule has 0 saturated carbocycles. The lowest BCUT2D eigenvalue weighted by atomic mass is 10.1. The second-order valence-electron chi connectivity index (χ2n) is 6.62. The first-order chi connectivity index (χ1) is 13.7. The van der Waals surface area contributed by atoms with Crippen LogP contribution in [0.4, 0.5) is 0 Å². The average molecular weight is 372 g/mol. The van der Waals surface area contributed by atoms with E-state index in [2.05, 4.69) is 41.7 Å². The Kier molecular flexibility index (Phi) is 6.96. The Morgan fingerprint density at radius 1 is 0.929 bits per heavy atom. The van der Waals surface area contributed by atoms with E-state index in [1.807, 2.05) is 54.6 Å². The van der Waals surface area contributed by atoms with Crippen molar-refractivity contribution in [1.29, 1.82) is 0 Å². The third-order valence-electron chi connectivity index (χ3n) is 4.29. The number of hydrogen-bond acceptors (Lipinski definition) is 3. The highest BCUT2D eigenvalue weighted by Crippen LogP contribution is 2.14.